The van der Waals surface area contributed by atoms with Gasteiger partial charge in [-0.25, -0.2) is 10.4 Å². The number of fused-ring (bicyclic) bond motifs is 1. The molecule has 0 saturated heterocycles. The molecular formula is C33H25N5O2. The Morgan fingerprint density at radius 1 is 0.875 bits per heavy atom. The molecule has 4 aromatic carbocycles. The number of amides is 1. The zero-order chi connectivity index (χ0) is 27.3. The Bertz CT molecular complexity index is 1830. The Hall–Kier alpha value is -5.56. The molecule has 0 fully saturated rings. The van der Waals surface area contributed by atoms with Crippen molar-refractivity contribution in [3.63, 3.8) is 0 Å². The first-order valence-corrected chi connectivity index (χ1v) is 12.8. The zero-order valence-electron chi connectivity index (χ0n) is 21.5. The predicted molar refractivity (Wildman–Crippen MR) is 157 cm³/mol. The van der Waals surface area contributed by atoms with E-state index in [0.29, 0.717) is 34.3 Å². The van der Waals surface area contributed by atoms with E-state index in [1.807, 2.05) is 89.7 Å². The van der Waals surface area contributed by atoms with Gasteiger partial charge in [-0.15, -0.1) is 0 Å². The van der Waals surface area contributed by atoms with Gasteiger partial charge in [0.15, 0.2) is 0 Å². The number of nitrogens with zero attached hydrogens (tertiary/aromatic N) is 4. The van der Waals surface area contributed by atoms with Gasteiger partial charge in [0.25, 0.3) is 5.91 Å². The maximum Gasteiger partial charge on any atom is 0.272 e. The largest absolute Gasteiger partial charge is 0.507 e. The molecule has 7 heteroatoms. The van der Waals surface area contributed by atoms with Crippen LogP contribution in [0.2, 0.25) is 0 Å². The molecule has 0 atom stereocenters. The van der Waals surface area contributed by atoms with E-state index in [9.17, 15) is 9.90 Å². The summed E-state index contributed by atoms with van der Waals surface area (Å²) >= 11 is 0. The first-order valence-electron chi connectivity index (χ1n) is 12.8. The van der Waals surface area contributed by atoms with Crippen LogP contribution < -0.4 is 5.43 Å². The average molecular weight is 524 g/mol. The SMILES string of the molecule is O=C(N/N=C/c1cn(Cc2ccccc2)nc1-c1ccccc1)c1cc(-c2ccccc2O)nc2ccccc12. The molecule has 2 aromatic heterocycles. The molecule has 0 unspecified atom stereocenters. The van der Waals surface area contributed by atoms with Crippen LogP contribution in [0.15, 0.2) is 127 Å². The fourth-order valence-corrected chi connectivity index (χ4v) is 4.62. The van der Waals surface area contributed by atoms with Crippen LogP contribution in [0.25, 0.3) is 33.4 Å². The Morgan fingerprint density at radius 2 is 1.57 bits per heavy atom. The normalized spacial score (nSPS) is 11.2. The first-order chi connectivity index (χ1) is 19.7. The molecule has 7 nitrogen and oxygen atoms in total. The Kier molecular flexibility index (Phi) is 6.84. The van der Waals surface area contributed by atoms with Gasteiger partial charge in [-0.1, -0.05) is 91.0 Å². The van der Waals surface area contributed by atoms with Crippen LogP contribution in [0.4, 0.5) is 0 Å². The number of rotatable bonds is 7. The van der Waals surface area contributed by atoms with Crippen LogP contribution in [0.3, 0.4) is 0 Å². The van der Waals surface area contributed by atoms with Crippen molar-refractivity contribution in [2.45, 2.75) is 6.54 Å². The van der Waals surface area contributed by atoms with Crippen LogP contribution in [0.5, 0.6) is 5.75 Å². The summed E-state index contributed by atoms with van der Waals surface area (Å²) in [7, 11) is 0. The second-order valence-electron chi connectivity index (χ2n) is 9.27. The number of hydrogen-bond donors (Lipinski definition) is 2. The van der Waals surface area contributed by atoms with E-state index in [4.69, 9.17) is 5.10 Å². The summed E-state index contributed by atoms with van der Waals surface area (Å²) in [4.78, 5) is 18.1. The minimum Gasteiger partial charge on any atom is -0.507 e. The van der Waals surface area contributed by atoms with Gasteiger partial charge in [-0.3, -0.25) is 9.48 Å². The zero-order valence-corrected chi connectivity index (χ0v) is 21.5. The number of pyridine rings is 1. The molecule has 6 aromatic rings. The van der Waals surface area contributed by atoms with E-state index < -0.39 is 0 Å². The molecule has 0 spiro atoms. The second-order valence-corrected chi connectivity index (χ2v) is 9.27. The first kappa shape index (κ1) is 24.8. The van der Waals surface area contributed by atoms with E-state index >= 15 is 0 Å². The third-order valence-corrected chi connectivity index (χ3v) is 6.54. The number of hydrogen-bond acceptors (Lipinski definition) is 5. The minimum atomic E-state index is -0.385. The second kappa shape index (κ2) is 11.0. The van der Waals surface area contributed by atoms with Crippen molar-refractivity contribution in [3.8, 4) is 28.3 Å². The quantitative estimate of drug-likeness (QED) is 0.190. The highest BCUT2D eigenvalue weighted by molar-refractivity contribution is 6.07. The number of phenolic OH excluding ortho intramolecular Hbond substituents is 1. The number of benzene rings is 4. The molecule has 0 aliphatic rings. The third-order valence-electron chi connectivity index (χ3n) is 6.54. The van der Waals surface area contributed by atoms with E-state index in [1.165, 1.54) is 0 Å². The Balaban J connectivity index is 1.31. The lowest BCUT2D eigenvalue weighted by atomic mass is 10.0. The van der Waals surface area contributed by atoms with E-state index in [1.54, 1.807) is 30.5 Å². The highest BCUT2D eigenvalue weighted by Crippen LogP contribution is 2.30. The molecule has 1 amide bonds. The molecule has 0 aliphatic heterocycles. The van der Waals surface area contributed by atoms with Gasteiger partial charge in [-0.2, -0.15) is 10.2 Å². The molecule has 2 N–H and O–H groups in total. The van der Waals surface area contributed by atoms with Crippen LogP contribution >= 0.6 is 0 Å². The molecule has 0 bridgehead atoms. The van der Waals surface area contributed by atoms with Gasteiger partial charge >= 0.3 is 0 Å². The molecule has 0 aliphatic carbocycles. The number of nitrogens with one attached hydrogen (secondary N) is 1. The van der Waals surface area contributed by atoms with Gasteiger partial charge < -0.3 is 5.11 Å². The summed E-state index contributed by atoms with van der Waals surface area (Å²) in [5, 5.41) is 20.2. The lowest BCUT2D eigenvalue weighted by Gasteiger charge is -2.10. The standard InChI is InChI=1S/C33H25N5O2/c39-31-18-10-8-16-27(31)30-19-28(26-15-7-9-17-29(26)35-30)33(40)36-34-20-25-22-38(21-23-11-3-1-4-12-23)37-32(25)24-13-5-2-6-14-24/h1-20,22,39H,21H2,(H,36,40)/b34-20+. The predicted octanol–water partition coefficient (Wildman–Crippen LogP) is 6.28. The van der Waals surface area contributed by atoms with Crippen molar-refractivity contribution in [1.82, 2.24) is 20.2 Å². The maximum absolute atomic E-state index is 13.4. The van der Waals surface area contributed by atoms with E-state index in [0.717, 1.165) is 22.4 Å². The van der Waals surface area contributed by atoms with Crippen molar-refractivity contribution >= 4 is 23.0 Å². The third kappa shape index (κ3) is 5.21. The average Bonchev–Trinajstić information content (AvgIpc) is 3.40. The summed E-state index contributed by atoms with van der Waals surface area (Å²) in [6.45, 7) is 0.610. The summed E-state index contributed by atoms with van der Waals surface area (Å²) in [5.74, 6) is -0.292. The summed E-state index contributed by atoms with van der Waals surface area (Å²) < 4.78 is 1.87. The van der Waals surface area contributed by atoms with Crippen molar-refractivity contribution in [1.29, 1.82) is 0 Å². The van der Waals surface area contributed by atoms with E-state index in [-0.39, 0.29) is 11.7 Å². The number of carbonyl (C=O) groups is 1. The summed E-state index contributed by atoms with van der Waals surface area (Å²) in [6, 6.07) is 36.0. The van der Waals surface area contributed by atoms with Crippen molar-refractivity contribution in [3.05, 3.63) is 138 Å². The van der Waals surface area contributed by atoms with Crippen molar-refractivity contribution in [2.75, 3.05) is 0 Å². The Labute approximate surface area is 231 Å². The molecule has 40 heavy (non-hydrogen) atoms. The highest BCUT2D eigenvalue weighted by Gasteiger charge is 2.16. The van der Waals surface area contributed by atoms with Gasteiger partial charge in [0.2, 0.25) is 0 Å². The number of hydrazone groups is 1. The molecule has 6 rings (SSSR count). The topological polar surface area (TPSA) is 92.4 Å². The molecule has 2 heterocycles. The number of phenols is 1. The number of aromatic hydroxyl groups is 1. The van der Waals surface area contributed by atoms with Crippen molar-refractivity contribution in [2.24, 2.45) is 5.10 Å². The van der Waals surface area contributed by atoms with Crippen molar-refractivity contribution < 1.29 is 9.90 Å². The van der Waals surface area contributed by atoms with Gasteiger partial charge in [0, 0.05) is 28.3 Å². The van der Waals surface area contributed by atoms with Gasteiger partial charge in [0.1, 0.15) is 11.4 Å². The maximum atomic E-state index is 13.4. The van der Waals surface area contributed by atoms with Crippen LogP contribution in [-0.4, -0.2) is 32.0 Å². The number of aromatic nitrogens is 3. The minimum absolute atomic E-state index is 0.0932. The molecule has 0 radical (unpaired) electrons. The summed E-state index contributed by atoms with van der Waals surface area (Å²) in [6.07, 6.45) is 3.53. The molecule has 0 saturated carbocycles. The van der Waals surface area contributed by atoms with Gasteiger partial charge in [-0.05, 0) is 29.8 Å². The monoisotopic (exact) mass is 523 g/mol. The number of carbonyl (C=O) groups excluding carboxylic acids is 1. The smallest absolute Gasteiger partial charge is 0.272 e. The molecular weight excluding hydrogens is 498 g/mol. The van der Waals surface area contributed by atoms with Gasteiger partial charge in [0.05, 0.1) is 29.5 Å². The molecule has 194 valence electrons. The van der Waals surface area contributed by atoms with Crippen LogP contribution in [0, 0.1) is 0 Å². The fraction of sp³-hybridized carbons (Fsp3) is 0.0303. The number of para-hydroxylation sites is 2. The van der Waals surface area contributed by atoms with Crippen LogP contribution in [-0.2, 0) is 6.54 Å². The lowest BCUT2D eigenvalue weighted by Crippen LogP contribution is -2.18. The van der Waals surface area contributed by atoms with E-state index in [2.05, 4.69) is 27.6 Å². The lowest BCUT2D eigenvalue weighted by molar-refractivity contribution is 0.0956. The highest BCUT2D eigenvalue weighted by atomic mass is 16.3. The fourth-order valence-electron chi connectivity index (χ4n) is 4.62. The summed E-state index contributed by atoms with van der Waals surface area (Å²) in [5.41, 5.74) is 8.40. The van der Waals surface area contributed by atoms with Crippen LogP contribution in [0.1, 0.15) is 21.5 Å². The Morgan fingerprint density at radius 3 is 2.38 bits per heavy atom.